The van der Waals surface area contributed by atoms with Crippen molar-refractivity contribution < 1.29 is 5.11 Å². The number of hydrogen-bond donors (Lipinski definition) is 1. The van der Waals surface area contributed by atoms with E-state index >= 15 is 0 Å². The summed E-state index contributed by atoms with van der Waals surface area (Å²) in [7, 11) is 0. The first-order valence-electron chi connectivity index (χ1n) is 2.12. The van der Waals surface area contributed by atoms with Crippen molar-refractivity contribution in [2.24, 2.45) is 0 Å². The Kier molecular flexibility index (Phi) is 1.12. The van der Waals surface area contributed by atoms with E-state index in [4.69, 9.17) is 5.11 Å². The molecule has 1 aromatic rings. The SMILES string of the molecule is [CH2]c1cc(O)ncn1. The Morgan fingerprint density at radius 2 is 2.25 bits per heavy atom. The minimum absolute atomic E-state index is 0.0370. The van der Waals surface area contributed by atoms with Gasteiger partial charge in [-0.05, 0) is 6.92 Å². The zero-order valence-electron chi connectivity index (χ0n) is 4.20. The minimum atomic E-state index is -0.0370. The highest BCUT2D eigenvalue weighted by atomic mass is 16.3. The molecule has 0 bridgehead atoms. The highest BCUT2D eigenvalue weighted by molar-refractivity contribution is 5.13. The van der Waals surface area contributed by atoms with E-state index in [1.807, 2.05) is 0 Å². The van der Waals surface area contributed by atoms with Gasteiger partial charge in [0.05, 0.1) is 0 Å². The third-order valence-corrected chi connectivity index (χ3v) is 0.709. The van der Waals surface area contributed by atoms with Crippen molar-refractivity contribution in [1.82, 2.24) is 9.97 Å². The zero-order valence-corrected chi connectivity index (χ0v) is 4.20. The van der Waals surface area contributed by atoms with Crippen LogP contribution in [0.2, 0.25) is 0 Å². The number of aromatic hydroxyl groups is 1. The van der Waals surface area contributed by atoms with Gasteiger partial charge in [0.1, 0.15) is 6.33 Å². The fraction of sp³-hybridized carbons (Fsp3) is 0. The van der Waals surface area contributed by atoms with Crippen LogP contribution in [0.5, 0.6) is 5.88 Å². The largest absolute Gasteiger partial charge is 0.493 e. The number of nitrogens with zero attached hydrogens (tertiary/aromatic N) is 2. The van der Waals surface area contributed by atoms with E-state index < -0.39 is 0 Å². The van der Waals surface area contributed by atoms with Crippen molar-refractivity contribution in [3.63, 3.8) is 0 Å². The highest BCUT2D eigenvalue weighted by Gasteiger charge is 1.86. The Bertz CT molecular complexity index is 170. The van der Waals surface area contributed by atoms with Crippen LogP contribution in [0.3, 0.4) is 0 Å². The van der Waals surface area contributed by atoms with Gasteiger partial charge in [-0.2, -0.15) is 0 Å². The molecule has 1 rings (SSSR count). The molecule has 3 nitrogen and oxygen atoms in total. The molecule has 0 aliphatic carbocycles. The lowest BCUT2D eigenvalue weighted by atomic mass is 10.4. The maximum Gasteiger partial charge on any atom is 0.214 e. The van der Waals surface area contributed by atoms with Gasteiger partial charge in [-0.25, -0.2) is 9.97 Å². The summed E-state index contributed by atoms with van der Waals surface area (Å²) < 4.78 is 0. The second-order valence-corrected chi connectivity index (χ2v) is 1.37. The number of rotatable bonds is 0. The average Bonchev–Trinajstić information content (AvgIpc) is 1.64. The van der Waals surface area contributed by atoms with E-state index in [9.17, 15) is 0 Å². The molecule has 0 spiro atoms. The second-order valence-electron chi connectivity index (χ2n) is 1.37. The first kappa shape index (κ1) is 5.03. The Labute approximate surface area is 47.0 Å². The number of hydrogen-bond acceptors (Lipinski definition) is 3. The maximum absolute atomic E-state index is 8.62. The van der Waals surface area contributed by atoms with E-state index in [1.54, 1.807) is 0 Å². The molecule has 41 valence electrons. The molecule has 0 aromatic carbocycles. The average molecular weight is 109 g/mol. The van der Waals surface area contributed by atoms with Crippen LogP contribution >= 0.6 is 0 Å². The molecule has 0 unspecified atom stereocenters. The van der Waals surface area contributed by atoms with Gasteiger partial charge in [0.15, 0.2) is 0 Å². The lowest BCUT2D eigenvalue weighted by Gasteiger charge is -1.87. The fourth-order valence-corrected chi connectivity index (χ4v) is 0.386. The Morgan fingerprint density at radius 3 is 2.62 bits per heavy atom. The molecule has 0 atom stereocenters. The van der Waals surface area contributed by atoms with E-state index in [0.29, 0.717) is 5.69 Å². The first-order chi connectivity index (χ1) is 3.79. The third kappa shape index (κ3) is 0.932. The van der Waals surface area contributed by atoms with Gasteiger partial charge < -0.3 is 5.11 Å². The molecule has 0 aliphatic rings. The number of aromatic nitrogens is 2. The molecule has 0 fully saturated rings. The van der Waals surface area contributed by atoms with Crippen LogP contribution < -0.4 is 0 Å². The minimum Gasteiger partial charge on any atom is -0.493 e. The quantitative estimate of drug-likeness (QED) is 0.523. The predicted molar refractivity (Wildman–Crippen MR) is 28.2 cm³/mol. The van der Waals surface area contributed by atoms with Crippen molar-refractivity contribution in [3.05, 3.63) is 25.0 Å². The van der Waals surface area contributed by atoms with E-state index in [-0.39, 0.29) is 5.88 Å². The van der Waals surface area contributed by atoms with Gasteiger partial charge in [-0.1, -0.05) is 0 Å². The lowest BCUT2D eigenvalue weighted by molar-refractivity contribution is 0.451. The predicted octanol–water partition coefficient (Wildman–Crippen LogP) is 0.364. The van der Waals surface area contributed by atoms with Gasteiger partial charge in [-0.15, -0.1) is 0 Å². The van der Waals surface area contributed by atoms with Crippen molar-refractivity contribution in [1.29, 1.82) is 0 Å². The van der Waals surface area contributed by atoms with Crippen molar-refractivity contribution in [2.75, 3.05) is 0 Å². The van der Waals surface area contributed by atoms with Crippen LogP contribution in [0.25, 0.3) is 0 Å². The maximum atomic E-state index is 8.62. The summed E-state index contributed by atoms with van der Waals surface area (Å²) in [5, 5.41) is 8.62. The summed E-state index contributed by atoms with van der Waals surface area (Å²) in [5.74, 6) is -0.0370. The fourth-order valence-electron chi connectivity index (χ4n) is 0.386. The van der Waals surface area contributed by atoms with Gasteiger partial charge in [0.2, 0.25) is 5.88 Å². The molecule has 1 aromatic heterocycles. The smallest absolute Gasteiger partial charge is 0.214 e. The van der Waals surface area contributed by atoms with Crippen molar-refractivity contribution in [2.45, 2.75) is 0 Å². The molecule has 1 radical (unpaired) electrons. The molecule has 8 heavy (non-hydrogen) atoms. The summed E-state index contributed by atoms with van der Waals surface area (Å²) in [5.41, 5.74) is 0.525. The molecule has 0 aliphatic heterocycles. The van der Waals surface area contributed by atoms with Crippen molar-refractivity contribution >= 4 is 0 Å². The first-order valence-corrected chi connectivity index (χ1v) is 2.12. The van der Waals surface area contributed by atoms with Gasteiger partial charge >= 0.3 is 0 Å². The molecule has 0 saturated carbocycles. The molecule has 0 saturated heterocycles. The van der Waals surface area contributed by atoms with E-state index in [0.717, 1.165) is 0 Å². The summed E-state index contributed by atoms with van der Waals surface area (Å²) in [6.45, 7) is 3.47. The van der Waals surface area contributed by atoms with E-state index in [2.05, 4.69) is 16.9 Å². The third-order valence-electron chi connectivity index (χ3n) is 0.709. The zero-order chi connectivity index (χ0) is 5.98. The summed E-state index contributed by atoms with van der Waals surface area (Å²) >= 11 is 0. The second kappa shape index (κ2) is 1.78. The Morgan fingerprint density at radius 1 is 1.50 bits per heavy atom. The standard InChI is InChI=1S/C5H5N2O/c1-4-2-5(8)7-3-6-4/h2-3H,1H2,(H,6,7,8). The Hall–Kier alpha value is -1.12. The van der Waals surface area contributed by atoms with Crippen LogP contribution in [-0.2, 0) is 0 Å². The van der Waals surface area contributed by atoms with E-state index in [1.165, 1.54) is 12.4 Å². The summed E-state index contributed by atoms with van der Waals surface area (Å²) in [6.07, 6.45) is 1.26. The topological polar surface area (TPSA) is 46.0 Å². The van der Waals surface area contributed by atoms with Gasteiger partial charge in [0.25, 0.3) is 0 Å². The van der Waals surface area contributed by atoms with Crippen LogP contribution in [0, 0.1) is 6.92 Å². The van der Waals surface area contributed by atoms with Crippen molar-refractivity contribution in [3.8, 4) is 5.88 Å². The van der Waals surface area contributed by atoms with Crippen LogP contribution in [0.4, 0.5) is 0 Å². The monoisotopic (exact) mass is 109 g/mol. The Balaban J connectivity index is 3.08. The molecule has 1 N–H and O–H groups in total. The molecule has 3 heteroatoms. The van der Waals surface area contributed by atoms with Crippen LogP contribution in [-0.4, -0.2) is 15.1 Å². The highest BCUT2D eigenvalue weighted by Crippen LogP contribution is 2.00. The normalized spacial score (nSPS) is 9.12. The molecule has 1 heterocycles. The van der Waals surface area contributed by atoms with Gasteiger partial charge in [0, 0.05) is 11.8 Å². The van der Waals surface area contributed by atoms with Gasteiger partial charge in [-0.3, -0.25) is 0 Å². The van der Waals surface area contributed by atoms with Crippen LogP contribution in [0.1, 0.15) is 5.69 Å². The molecular formula is C5H5N2O. The molecule has 0 amide bonds. The van der Waals surface area contributed by atoms with Crippen LogP contribution in [0.15, 0.2) is 12.4 Å². The summed E-state index contributed by atoms with van der Waals surface area (Å²) in [6, 6.07) is 1.39. The molecular weight excluding hydrogens is 104 g/mol. The lowest BCUT2D eigenvalue weighted by Crippen LogP contribution is -1.80. The summed E-state index contributed by atoms with van der Waals surface area (Å²) in [4.78, 5) is 7.10.